The minimum absolute atomic E-state index is 0.0351. The van der Waals surface area contributed by atoms with Gasteiger partial charge in [0.2, 0.25) is 5.75 Å². The van der Waals surface area contributed by atoms with E-state index in [1.807, 2.05) is 12.1 Å². The summed E-state index contributed by atoms with van der Waals surface area (Å²) in [5, 5.41) is 0. The minimum atomic E-state index is -0.219. The van der Waals surface area contributed by atoms with Crippen LogP contribution in [0.25, 0.3) is 0 Å². The smallest absolute Gasteiger partial charge is 0.203 e. The highest BCUT2D eigenvalue weighted by Crippen LogP contribution is 2.42. The van der Waals surface area contributed by atoms with E-state index >= 15 is 0 Å². The summed E-state index contributed by atoms with van der Waals surface area (Å²) in [7, 11) is 6.32. The van der Waals surface area contributed by atoms with E-state index in [9.17, 15) is 0 Å². The van der Waals surface area contributed by atoms with E-state index in [1.165, 1.54) is 0 Å². The van der Waals surface area contributed by atoms with Gasteiger partial charge in [0.1, 0.15) is 19.0 Å². The molecule has 2 atom stereocenters. The molecule has 0 saturated carbocycles. The molecule has 6 heteroatoms. The lowest BCUT2D eigenvalue weighted by atomic mass is 10.1. The van der Waals surface area contributed by atoms with Crippen LogP contribution in [0.1, 0.15) is 11.7 Å². The summed E-state index contributed by atoms with van der Waals surface area (Å²) in [4.78, 5) is 0. The number of epoxide rings is 1. The second-order valence-electron chi connectivity index (χ2n) is 4.32. The van der Waals surface area contributed by atoms with Crippen LogP contribution in [0.3, 0.4) is 0 Å². The van der Waals surface area contributed by atoms with E-state index in [0.717, 1.165) is 5.56 Å². The van der Waals surface area contributed by atoms with Crippen LogP contribution >= 0.6 is 0 Å². The third-order valence-corrected chi connectivity index (χ3v) is 3.08. The summed E-state index contributed by atoms with van der Waals surface area (Å²) in [6.07, 6.45) is -0.184. The molecule has 1 fully saturated rings. The van der Waals surface area contributed by atoms with Crippen molar-refractivity contribution in [2.45, 2.75) is 12.2 Å². The van der Waals surface area contributed by atoms with Gasteiger partial charge in [0.25, 0.3) is 0 Å². The van der Waals surface area contributed by atoms with Crippen molar-refractivity contribution in [3.05, 3.63) is 17.7 Å². The normalized spacial score (nSPS) is 18.5. The van der Waals surface area contributed by atoms with Gasteiger partial charge in [0.05, 0.1) is 27.9 Å². The molecule has 1 heterocycles. The first kappa shape index (κ1) is 14.9. The Morgan fingerprint density at radius 3 is 2.10 bits per heavy atom. The Morgan fingerprint density at radius 2 is 1.70 bits per heavy atom. The molecule has 0 spiro atoms. The highest BCUT2D eigenvalue weighted by molar-refractivity contribution is 5.54. The summed E-state index contributed by atoms with van der Waals surface area (Å²) in [5.74, 6) is 1.74. The van der Waals surface area contributed by atoms with E-state index < -0.39 is 0 Å². The van der Waals surface area contributed by atoms with Gasteiger partial charge in [-0.05, 0) is 17.7 Å². The number of hydrogen-bond donors (Lipinski definition) is 0. The first-order valence-corrected chi connectivity index (χ1v) is 6.27. The Labute approximate surface area is 118 Å². The zero-order valence-electron chi connectivity index (χ0n) is 12.2. The van der Waals surface area contributed by atoms with Crippen molar-refractivity contribution in [1.29, 1.82) is 0 Å². The molecule has 0 N–H and O–H groups in total. The molecular formula is C14H20O6. The summed E-state index contributed by atoms with van der Waals surface area (Å²) < 4.78 is 32.0. The number of rotatable bonds is 8. The maximum absolute atomic E-state index is 5.67. The quantitative estimate of drug-likeness (QED) is 0.535. The molecule has 0 bridgehead atoms. The van der Waals surface area contributed by atoms with E-state index in [0.29, 0.717) is 23.9 Å². The van der Waals surface area contributed by atoms with Gasteiger partial charge >= 0.3 is 0 Å². The molecule has 0 aromatic heterocycles. The average Bonchev–Trinajstić information content (AvgIpc) is 3.31. The van der Waals surface area contributed by atoms with Crippen LogP contribution in [-0.2, 0) is 14.2 Å². The fourth-order valence-corrected chi connectivity index (χ4v) is 2.06. The molecule has 2 rings (SSSR count). The zero-order valence-corrected chi connectivity index (χ0v) is 12.2. The maximum atomic E-state index is 5.67. The fourth-order valence-electron chi connectivity index (χ4n) is 2.06. The molecule has 20 heavy (non-hydrogen) atoms. The monoisotopic (exact) mass is 284 g/mol. The van der Waals surface area contributed by atoms with Gasteiger partial charge in [0.15, 0.2) is 11.5 Å². The highest BCUT2D eigenvalue weighted by atomic mass is 16.7. The number of benzene rings is 1. The lowest BCUT2D eigenvalue weighted by Gasteiger charge is -2.19. The van der Waals surface area contributed by atoms with Crippen LogP contribution in [-0.4, -0.2) is 47.9 Å². The summed E-state index contributed by atoms with van der Waals surface area (Å²) in [6.45, 7) is 0.867. The van der Waals surface area contributed by atoms with E-state index in [1.54, 1.807) is 28.4 Å². The molecule has 6 nitrogen and oxygen atoms in total. The summed E-state index contributed by atoms with van der Waals surface area (Å²) in [5.41, 5.74) is 0.902. The number of hydrogen-bond acceptors (Lipinski definition) is 6. The number of ether oxygens (including phenoxy) is 6. The molecule has 1 aliphatic heterocycles. The summed E-state index contributed by atoms with van der Waals surface area (Å²) in [6, 6.07) is 3.73. The third kappa shape index (κ3) is 3.15. The van der Waals surface area contributed by atoms with Crippen molar-refractivity contribution >= 4 is 0 Å². The first-order valence-electron chi connectivity index (χ1n) is 6.27. The second-order valence-corrected chi connectivity index (χ2v) is 4.32. The van der Waals surface area contributed by atoms with Crippen LogP contribution in [0.4, 0.5) is 0 Å². The standard InChI is InChI=1S/C14H20O6/c1-15-8-20-13(12-7-19-12)9-5-10(16-2)14(18-4)11(6-9)17-3/h5-6,12-13H,7-8H2,1-4H3. The Bertz CT molecular complexity index is 418. The van der Waals surface area contributed by atoms with Gasteiger partial charge in [-0.15, -0.1) is 0 Å². The third-order valence-electron chi connectivity index (χ3n) is 3.08. The van der Waals surface area contributed by atoms with E-state index in [2.05, 4.69) is 0 Å². The van der Waals surface area contributed by atoms with E-state index in [-0.39, 0.29) is 19.0 Å². The molecule has 2 unspecified atom stereocenters. The lowest BCUT2D eigenvalue weighted by molar-refractivity contribution is -0.0814. The largest absolute Gasteiger partial charge is 0.493 e. The van der Waals surface area contributed by atoms with E-state index in [4.69, 9.17) is 28.4 Å². The Hall–Kier alpha value is -1.50. The van der Waals surface area contributed by atoms with Crippen LogP contribution < -0.4 is 14.2 Å². The van der Waals surface area contributed by atoms with Crippen molar-refractivity contribution in [1.82, 2.24) is 0 Å². The highest BCUT2D eigenvalue weighted by Gasteiger charge is 2.36. The van der Waals surface area contributed by atoms with Crippen molar-refractivity contribution in [3.8, 4) is 17.2 Å². The molecular weight excluding hydrogens is 264 g/mol. The molecule has 112 valence electrons. The van der Waals surface area contributed by atoms with Gasteiger partial charge in [0, 0.05) is 7.11 Å². The Kier molecular flexibility index (Phi) is 5.05. The average molecular weight is 284 g/mol. The van der Waals surface area contributed by atoms with Gasteiger partial charge in [-0.25, -0.2) is 0 Å². The molecule has 0 amide bonds. The topological polar surface area (TPSA) is 58.7 Å². The van der Waals surface area contributed by atoms with Crippen molar-refractivity contribution in [2.24, 2.45) is 0 Å². The van der Waals surface area contributed by atoms with Gasteiger partial charge < -0.3 is 28.4 Å². The van der Waals surface area contributed by atoms with Crippen molar-refractivity contribution < 1.29 is 28.4 Å². The predicted octanol–water partition coefficient (Wildman–Crippen LogP) is 1.77. The van der Waals surface area contributed by atoms with Crippen molar-refractivity contribution in [2.75, 3.05) is 41.8 Å². The van der Waals surface area contributed by atoms with Crippen LogP contribution in [0.15, 0.2) is 12.1 Å². The SMILES string of the molecule is COCOC(c1cc(OC)c(OC)c(OC)c1)C1CO1. The van der Waals surface area contributed by atoms with Crippen LogP contribution in [0.2, 0.25) is 0 Å². The molecule has 1 aliphatic rings. The zero-order chi connectivity index (χ0) is 14.5. The predicted molar refractivity (Wildman–Crippen MR) is 71.5 cm³/mol. The summed E-state index contributed by atoms with van der Waals surface area (Å²) >= 11 is 0. The minimum Gasteiger partial charge on any atom is -0.493 e. The Morgan fingerprint density at radius 1 is 1.10 bits per heavy atom. The molecule has 1 aromatic rings. The first-order chi connectivity index (χ1) is 9.74. The molecule has 1 aromatic carbocycles. The van der Waals surface area contributed by atoms with Gasteiger partial charge in [-0.1, -0.05) is 0 Å². The van der Waals surface area contributed by atoms with Crippen LogP contribution in [0, 0.1) is 0 Å². The lowest BCUT2D eigenvalue weighted by Crippen LogP contribution is -2.13. The van der Waals surface area contributed by atoms with Gasteiger partial charge in [-0.2, -0.15) is 0 Å². The van der Waals surface area contributed by atoms with Gasteiger partial charge in [-0.3, -0.25) is 0 Å². The fraction of sp³-hybridized carbons (Fsp3) is 0.571. The Balaban J connectivity index is 2.33. The number of methoxy groups -OCH3 is 4. The van der Waals surface area contributed by atoms with Crippen molar-refractivity contribution in [3.63, 3.8) is 0 Å². The van der Waals surface area contributed by atoms with Crippen LogP contribution in [0.5, 0.6) is 17.2 Å². The second kappa shape index (κ2) is 6.78. The maximum Gasteiger partial charge on any atom is 0.203 e. The molecule has 1 saturated heterocycles. The molecule has 0 radical (unpaired) electrons. The molecule has 0 aliphatic carbocycles.